The number of aryl methyl sites for hydroxylation is 1. The number of carboxylic acid groups (broad SMARTS) is 1. The summed E-state index contributed by atoms with van der Waals surface area (Å²) < 4.78 is 9.07. The van der Waals surface area contributed by atoms with E-state index in [1.807, 2.05) is 20.2 Å². The van der Waals surface area contributed by atoms with E-state index in [1.54, 1.807) is 12.1 Å². The van der Waals surface area contributed by atoms with Gasteiger partial charge in [0, 0.05) is 6.42 Å². The molecule has 0 aromatic heterocycles. The van der Waals surface area contributed by atoms with E-state index in [4.69, 9.17) is 9.84 Å². The van der Waals surface area contributed by atoms with Crippen LogP contribution in [0.25, 0.3) is 0 Å². The van der Waals surface area contributed by atoms with Crippen LogP contribution in [0.5, 0.6) is 0 Å². The first-order chi connectivity index (χ1) is 20.0. The molecule has 2 aliphatic heterocycles. The summed E-state index contributed by atoms with van der Waals surface area (Å²) in [6, 6.07) is 18.5. The third kappa shape index (κ3) is 5.30. The zero-order valence-corrected chi connectivity index (χ0v) is 27.5. The number of hydrogen-bond donors (Lipinski definition) is 1. The van der Waals surface area contributed by atoms with Crippen LogP contribution >= 0.6 is 0 Å². The number of fused-ring (bicyclic) bond motifs is 6. The first-order valence-corrected chi connectivity index (χ1v) is 21.3. The fraction of sp³-hybridized carbons (Fsp3) is 0.400. The number of hydrogen-bond acceptors (Lipinski definition) is 5. The minimum atomic E-state index is -2.81. The van der Waals surface area contributed by atoms with Gasteiger partial charge >= 0.3 is 223 Å². The van der Waals surface area contributed by atoms with Crippen molar-refractivity contribution in [1.29, 1.82) is 0 Å². The monoisotopic (exact) mass is 629 g/mol. The van der Waals surface area contributed by atoms with Crippen LogP contribution in [0.1, 0.15) is 94.3 Å². The molecule has 0 fully saturated rings. The second kappa shape index (κ2) is 11.7. The third-order valence-electron chi connectivity index (χ3n) is 9.03. The SMILES string of the molecule is Cc1ccc2[c](c1)[Ge]([CH3])([CH3])[c]1cc(N(C)C)ccc1C21OC(=O)c2ccc(C(=O)CCCCCCCCC(=O)O)cc21. The molecular weight excluding hydrogens is 587 g/mol. The Labute approximate surface area is 251 Å². The Balaban J connectivity index is 1.49. The molecule has 1 unspecified atom stereocenters. The van der Waals surface area contributed by atoms with Crippen molar-refractivity contribution < 1.29 is 24.2 Å². The van der Waals surface area contributed by atoms with Gasteiger partial charge in [-0.1, -0.05) is 6.42 Å². The van der Waals surface area contributed by atoms with Gasteiger partial charge in [0.2, 0.25) is 0 Å². The molecule has 0 amide bonds. The number of unbranched alkanes of at least 4 members (excludes halogenated alkanes) is 5. The maximum atomic E-state index is 13.5. The average molecular weight is 628 g/mol. The van der Waals surface area contributed by atoms with Crippen molar-refractivity contribution in [2.45, 2.75) is 75.4 Å². The van der Waals surface area contributed by atoms with Crippen molar-refractivity contribution in [1.82, 2.24) is 0 Å². The van der Waals surface area contributed by atoms with Crippen molar-refractivity contribution in [3.63, 3.8) is 0 Å². The number of rotatable bonds is 11. The Morgan fingerprint density at radius 2 is 1.43 bits per heavy atom. The quantitative estimate of drug-likeness (QED) is 0.121. The van der Waals surface area contributed by atoms with Gasteiger partial charge in [0.1, 0.15) is 0 Å². The molecule has 1 spiro atoms. The van der Waals surface area contributed by atoms with Crippen LogP contribution in [0.3, 0.4) is 0 Å². The molecule has 5 rings (SSSR count). The van der Waals surface area contributed by atoms with Crippen molar-refractivity contribution in [2.24, 2.45) is 0 Å². The van der Waals surface area contributed by atoms with E-state index < -0.39 is 24.8 Å². The summed E-state index contributed by atoms with van der Waals surface area (Å²) in [4.78, 5) is 39.6. The van der Waals surface area contributed by atoms with E-state index in [0.29, 0.717) is 24.0 Å². The molecule has 0 saturated carbocycles. The Kier molecular flexibility index (Phi) is 8.39. The number of carbonyl (C=O) groups excluding carboxylic acids is 2. The average Bonchev–Trinajstić information content (AvgIpc) is 3.25. The van der Waals surface area contributed by atoms with Gasteiger partial charge in [0.25, 0.3) is 0 Å². The van der Waals surface area contributed by atoms with Gasteiger partial charge in [-0.3, -0.25) is 4.79 Å². The number of esters is 1. The molecule has 3 aromatic carbocycles. The molecule has 220 valence electrons. The predicted molar refractivity (Wildman–Crippen MR) is 169 cm³/mol. The van der Waals surface area contributed by atoms with E-state index in [9.17, 15) is 14.4 Å². The molecule has 2 heterocycles. The standard InChI is InChI=1S/C35H41GeNO5/c1-23-14-18-27-30(20-23)36(2,3)31-22-25(37(4)5)16-19-28(31)35(27)29-21-24(15-17-26(29)34(41)42-35)32(38)12-10-8-6-7-9-11-13-33(39)40/h14-22H,6-13H2,1-5H3,(H,39,40). The Morgan fingerprint density at radius 1 is 0.810 bits per heavy atom. The summed E-state index contributed by atoms with van der Waals surface area (Å²) in [5.74, 6) is 3.79. The van der Waals surface area contributed by atoms with Crippen LogP contribution in [0.15, 0.2) is 54.6 Å². The number of ketones is 1. The van der Waals surface area contributed by atoms with Crippen LogP contribution in [0.2, 0.25) is 11.5 Å². The van der Waals surface area contributed by atoms with Gasteiger partial charge in [-0.05, 0) is 6.42 Å². The van der Waals surface area contributed by atoms with Crippen LogP contribution in [-0.2, 0) is 15.1 Å². The predicted octanol–water partition coefficient (Wildman–Crippen LogP) is 6.05. The number of aliphatic carboxylic acids is 1. The van der Waals surface area contributed by atoms with Crippen molar-refractivity contribution in [3.05, 3.63) is 88.0 Å². The van der Waals surface area contributed by atoms with E-state index in [0.717, 1.165) is 54.5 Å². The van der Waals surface area contributed by atoms with Gasteiger partial charge < -0.3 is 5.11 Å². The number of benzene rings is 3. The van der Waals surface area contributed by atoms with E-state index >= 15 is 0 Å². The second-order valence-electron chi connectivity index (χ2n) is 12.6. The first-order valence-electron chi connectivity index (χ1n) is 15.0. The van der Waals surface area contributed by atoms with Crippen LogP contribution in [0.4, 0.5) is 5.69 Å². The number of ether oxygens (including phenoxy) is 1. The number of Topliss-reactive ketones (excluding diaryl/α,β-unsaturated/α-hetero) is 1. The van der Waals surface area contributed by atoms with Gasteiger partial charge in [-0.15, -0.1) is 0 Å². The summed E-state index contributed by atoms with van der Waals surface area (Å²) in [6.45, 7) is 2.11. The minimum absolute atomic E-state index is 0.0688. The molecular formula is C35H41GeNO5. The Hall–Kier alpha value is -3.39. The summed E-state index contributed by atoms with van der Waals surface area (Å²) in [5, 5.41) is 8.78. The summed E-state index contributed by atoms with van der Waals surface area (Å²) in [6.07, 6.45) is 5.96. The van der Waals surface area contributed by atoms with Crippen LogP contribution in [0, 0.1) is 6.92 Å². The molecule has 1 N–H and O–H groups in total. The van der Waals surface area contributed by atoms with Crippen LogP contribution < -0.4 is 13.7 Å². The summed E-state index contributed by atoms with van der Waals surface area (Å²) in [7, 11) is 4.08. The van der Waals surface area contributed by atoms with Crippen molar-refractivity contribution >= 4 is 45.5 Å². The number of carbonyl (C=O) groups is 3. The molecule has 6 nitrogen and oxygen atoms in total. The zero-order valence-electron chi connectivity index (χ0n) is 25.4. The molecule has 0 aliphatic carbocycles. The van der Waals surface area contributed by atoms with Gasteiger partial charge in [0.05, 0.1) is 0 Å². The van der Waals surface area contributed by atoms with Gasteiger partial charge in [-0.25, -0.2) is 0 Å². The molecule has 0 radical (unpaired) electrons. The molecule has 0 bridgehead atoms. The van der Waals surface area contributed by atoms with Crippen molar-refractivity contribution in [3.8, 4) is 0 Å². The molecule has 0 saturated heterocycles. The molecule has 42 heavy (non-hydrogen) atoms. The fourth-order valence-electron chi connectivity index (χ4n) is 6.66. The normalized spacial score (nSPS) is 17.8. The third-order valence-corrected chi connectivity index (χ3v) is 16.4. The number of carboxylic acids is 1. The number of nitrogens with zero attached hydrogens (tertiary/aromatic N) is 1. The number of anilines is 1. The molecule has 1 atom stereocenters. The van der Waals surface area contributed by atoms with Crippen molar-refractivity contribution in [2.75, 3.05) is 19.0 Å². The summed E-state index contributed by atoms with van der Waals surface area (Å²) >= 11 is -2.81. The molecule has 2 aliphatic rings. The molecule has 3 aromatic rings. The topological polar surface area (TPSA) is 83.9 Å². The second-order valence-corrected chi connectivity index (χ2v) is 21.6. The maximum absolute atomic E-state index is 13.5. The molecule has 7 heteroatoms. The fourth-order valence-corrected chi connectivity index (χ4v) is 13.5. The Bertz CT molecular complexity index is 1560. The summed E-state index contributed by atoms with van der Waals surface area (Å²) in [5.41, 5.74) is 5.17. The van der Waals surface area contributed by atoms with E-state index in [1.165, 1.54) is 14.4 Å². The Morgan fingerprint density at radius 3 is 2.10 bits per heavy atom. The van der Waals surface area contributed by atoms with Gasteiger partial charge in [-0.2, -0.15) is 0 Å². The zero-order chi connectivity index (χ0) is 30.2. The van der Waals surface area contributed by atoms with E-state index in [-0.39, 0.29) is 18.2 Å². The van der Waals surface area contributed by atoms with E-state index in [2.05, 4.69) is 59.7 Å². The first kappa shape index (κ1) is 30.1. The van der Waals surface area contributed by atoms with Crippen LogP contribution in [-0.4, -0.2) is 50.2 Å². The van der Waals surface area contributed by atoms with Gasteiger partial charge in [0.15, 0.2) is 0 Å².